The minimum atomic E-state index is 0.217. The molecule has 0 N–H and O–H groups in total. The van der Waals surface area contributed by atoms with Gasteiger partial charge < -0.3 is 4.90 Å². The van der Waals surface area contributed by atoms with Crippen LogP contribution in [0.15, 0.2) is 48.5 Å². The molecule has 0 saturated carbocycles. The highest BCUT2D eigenvalue weighted by molar-refractivity contribution is 6.29. The minimum absolute atomic E-state index is 0.217. The third kappa shape index (κ3) is 4.80. The van der Waals surface area contributed by atoms with Gasteiger partial charge in [0.2, 0.25) is 5.91 Å². The van der Waals surface area contributed by atoms with Crippen LogP contribution in [0.4, 0.5) is 0 Å². The third-order valence-corrected chi connectivity index (χ3v) is 4.91. The maximum atomic E-state index is 12.7. The normalized spacial score (nSPS) is 19.0. The highest BCUT2D eigenvalue weighted by atomic mass is 35.5. The van der Waals surface area contributed by atoms with Gasteiger partial charge in [-0.1, -0.05) is 54.9 Å². The number of carbonyl (C=O) groups is 1. The molecule has 1 aliphatic heterocycles. The molecule has 3 rings (SSSR count). The van der Waals surface area contributed by atoms with Gasteiger partial charge in [-0.15, -0.1) is 0 Å². The van der Waals surface area contributed by atoms with Crippen molar-refractivity contribution >= 4 is 17.5 Å². The monoisotopic (exact) mass is 357 g/mol. The molecule has 2 heterocycles. The minimum Gasteiger partial charge on any atom is -0.334 e. The molecule has 1 atom stereocenters. The van der Waals surface area contributed by atoms with Gasteiger partial charge in [-0.2, -0.15) is 0 Å². The quantitative estimate of drug-likeness (QED) is 0.765. The van der Waals surface area contributed by atoms with Crippen molar-refractivity contribution in [2.24, 2.45) is 0 Å². The Hall–Kier alpha value is -1.91. The van der Waals surface area contributed by atoms with Crippen molar-refractivity contribution in [3.63, 3.8) is 0 Å². The van der Waals surface area contributed by atoms with Crippen LogP contribution in [-0.4, -0.2) is 39.8 Å². The fraction of sp³-hybridized carbons (Fsp3) is 0.400. The van der Waals surface area contributed by atoms with E-state index >= 15 is 0 Å². The number of hydrogen-bond acceptors (Lipinski definition) is 3. The molecule has 2 aromatic rings. The van der Waals surface area contributed by atoms with Crippen molar-refractivity contribution in [2.75, 3.05) is 13.1 Å². The molecule has 1 aromatic heterocycles. The Labute approximate surface area is 154 Å². The van der Waals surface area contributed by atoms with Crippen molar-refractivity contribution in [3.8, 4) is 0 Å². The average Bonchev–Trinajstić information content (AvgIpc) is 2.76. The molecule has 132 valence electrons. The molecule has 0 spiro atoms. The number of rotatable bonds is 5. The maximum absolute atomic E-state index is 12.7. The first kappa shape index (κ1) is 17.9. The van der Waals surface area contributed by atoms with E-state index in [2.05, 4.69) is 28.9 Å². The summed E-state index contributed by atoms with van der Waals surface area (Å²) in [6, 6.07) is 16.1. The lowest BCUT2D eigenvalue weighted by atomic mass is 10.1. The van der Waals surface area contributed by atoms with Gasteiger partial charge in [0.15, 0.2) is 0 Å². The van der Waals surface area contributed by atoms with Crippen molar-refractivity contribution in [2.45, 2.75) is 38.9 Å². The van der Waals surface area contributed by atoms with Crippen LogP contribution < -0.4 is 0 Å². The molecule has 5 heteroatoms. The lowest BCUT2D eigenvalue weighted by Crippen LogP contribution is -2.42. The SMILES string of the molecule is CC[C@H]1CN(Cc2cccc(Cl)n2)CCC(=O)N1Cc1ccccc1. The van der Waals surface area contributed by atoms with Crippen molar-refractivity contribution in [3.05, 3.63) is 64.9 Å². The summed E-state index contributed by atoms with van der Waals surface area (Å²) < 4.78 is 0. The number of hydrogen-bond donors (Lipinski definition) is 0. The average molecular weight is 358 g/mol. The second kappa shape index (κ2) is 8.45. The van der Waals surface area contributed by atoms with Crippen molar-refractivity contribution in [1.82, 2.24) is 14.8 Å². The Kier molecular flexibility index (Phi) is 6.05. The molecule has 1 aromatic carbocycles. The fourth-order valence-electron chi connectivity index (χ4n) is 3.35. The summed E-state index contributed by atoms with van der Waals surface area (Å²) in [5.41, 5.74) is 2.13. The Balaban J connectivity index is 1.72. The largest absolute Gasteiger partial charge is 0.334 e. The van der Waals surface area contributed by atoms with Crippen molar-refractivity contribution < 1.29 is 4.79 Å². The number of nitrogens with zero attached hydrogens (tertiary/aromatic N) is 3. The van der Waals surface area contributed by atoms with E-state index in [0.717, 1.165) is 31.7 Å². The number of benzene rings is 1. The smallest absolute Gasteiger partial charge is 0.224 e. The molecule has 1 aliphatic rings. The van der Waals surface area contributed by atoms with E-state index < -0.39 is 0 Å². The zero-order chi connectivity index (χ0) is 17.6. The molecular weight excluding hydrogens is 334 g/mol. The Morgan fingerprint density at radius 3 is 2.64 bits per heavy atom. The summed E-state index contributed by atoms with van der Waals surface area (Å²) in [5, 5.41) is 0.515. The highest BCUT2D eigenvalue weighted by Crippen LogP contribution is 2.19. The van der Waals surface area contributed by atoms with Crippen LogP contribution in [-0.2, 0) is 17.9 Å². The van der Waals surface area contributed by atoms with Crippen LogP contribution in [0.2, 0.25) is 5.15 Å². The summed E-state index contributed by atoms with van der Waals surface area (Å²) >= 11 is 6.00. The first-order valence-electron chi connectivity index (χ1n) is 8.83. The van der Waals surface area contributed by atoms with Crippen LogP contribution in [0.3, 0.4) is 0 Å². The van der Waals surface area contributed by atoms with Gasteiger partial charge in [0, 0.05) is 38.6 Å². The highest BCUT2D eigenvalue weighted by Gasteiger charge is 2.28. The lowest BCUT2D eigenvalue weighted by Gasteiger charge is -2.31. The van der Waals surface area contributed by atoms with Crippen LogP contribution in [0, 0.1) is 0 Å². The standard InChI is InChI=1S/C20H24ClN3O/c1-2-18-15-23(14-17-9-6-10-19(21)22-17)12-11-20(25)24(18)13-16-7-4-3-5-8-16/h3-10,18H,2,11-15H2,1H3/t18-/m0/s1. The Morgan fingerprint density at radius 1 is 1.12 bits per heavy atom. The predicted molar refractivity (Wildman–Crippen MR) is 100 cm³/mol. The fourth-order valence-corrected chi connectivity index (χ4v) is 3.53. The van der Waals surface area contributed by atoms with Crippen LogP contribution >= 0.6 is 11.6 Å². The Bertz CT molecular complexity index is 707. The summed E-state index contributed by atoms with van der Waals surface area (Å²) in [7, 11) is 0. The number of carbonyl (C=O) groups excluding carboxylic acids is 1. The molecule has 4 nitrogen and oxygen atoms in total. The van der Waals surface area contributed by atoms with Gasteiger partial charge in [-0.25, -0.2) is 4.98 Å². The summed E-state index contributed by atoms with van der Waals surface area (Å²) in [4.78, 5) is 21.4. The molecule has 1 saturated heterocycles. The number of amides is 1. The number of halogens is 1. The summed E-state index contributed by atoms with van der Waals surface area (Å²) in [5.74, 6) is 0.234. The number of pyridine rings is 1. The summed E-state index contributed by atoms with van der Waals surface area (Å²) in [6.45, 7) is 5.18. The van der Waals surface area contributed by atoms with Crippen LogP contribution in [0.25, 0.3) is 0 Å². The van der Waals surface area contributed by atoms with E-state index in [1.165, 1.54) is 5.56 Å². The van der Waals surface area contributed by atoms with Crippen LogP contribution in [0.1, 0.15) is 31.0 Å². The van der Waals surface area contributed by atoms with E-state index in [-0.39, 0.29) is 11.9 Å². The maximum Gasteiger partial charge on any atom is 0.224 e. The van der Waals surface area contributed by atoms with E-state index in [1.807, 2.05) is 35.2 Å². The number of aromatic nitrogens is 1. The molecule has 0 aliphatic carbocycles. The van der Waals surface area contributed by atoms with E-state index in [9.17, 15) is 4.79 Å². The second-order valence-electron chi connectivity index (χ2n) is 6.51. The molecule has 0 radical (unpaired) electrons. The third-order valence-electron chi connectivity index (χ3n) is 4.70. The van der Waals surface area contributed by atoms with E-state index in [0.29, 0.717) is 18.1 Å². The molecular formula is C20H24ClN3O. The van der Waals surface area contributed by atoms with Gasteiger partial charge in [0.1, 0.15) is 5.15 Å². The van der Waals surface area contributed by atoms with Crippen molar-refractivity contribution in [1.29, 1.82) is 0 Å². The van der Waals surface area contributed by atoms with Gasteiger partial charge in [0.25, 0.3) is 0 Å². The van der Waals surface area contributed by atoms with E-state index in [4.69, 9.17) is 11.6 Å². The second-order valence-corrected chi connectivity index (χ2v) is 6.89. The summed E-state index contributed by atoms with van der Waals surface area (Å²) in [6.07, 6.45) is 1.49. The Morgan fingerprint density at radius 2 is 1.92 bits per heavy atom. The first-order valence-corrected chi connectivity index (χ1v) is 9.20. The topological polar surface area (TPSA) is 36.4 Å². The molecule has 25 heavy (non-hydrogen) atoms. The van der Waals surface area contributed by atoms with Gasteiger partial charge in [-0.3, -0.25) is 9.69 Å². The van der Waals surface area contributed by atoms with E-state index in [1.54, 1.807) is 6.07 Å². The van der Waals surface area contributed by atoms with Gasteiger partial charge in [-0.05, 0) is 24.1 Å². The lowest BCUT2D eigenvalue weighted by molar-refractivity contribution is -0.133. The molecule has 0 unspecified atom stereocenters. The molecule has 1 amide bonds. The molecule has 1 fully saturated rings. The van der Waals surface area contributed by atoms with Gasteiger partial charge >= 0.3 is 0 Å². The predicted octanol–water partition coefficient (Wildman–Crippen LogP) is 3.75. The van der Waals surface area contributed by atoms with Crippen LogP contribution in [0.5, 0.6) is 0 Å². The zero-order valence-electron chi connectivity index (χ0n) is 14.6. The van der Waals surface area contributed by atoms with Gasteiger partial charge in [0.05, 0.1) is 5.69 Å². The zero-order valence-corrected chi connectivity index (χ0v) is 15.3. The molecule has 0 bridgehead atoms. The first-order chi connectivity index (χ1) is 12.2.